The van der Waals surface area contributed by atoms with E-state index >= 15 is 0 Å². The summed E-state index contributed by atoms with van der Waals surface area (Å²) in [5.74, 6) is 1.57. The molecule has 3 rings (SSSR count). The zero-order chi connectivity index (χ0) is 16.1. The predicted octanol–water partition coefficient (Wildman–Crippen LogP) is 2.01. The minimum Gasteiger partial charge on any atom is -0.370 e. The van der Waals surface area contributed by atoms with Crippen LogP contribution in [-0.4, -0.2) is 29.9 Å². The van der Waals surface area contributed by atoms with E-state index in [0.29, 0.717) is 25.5 Å². The Morgan fingerprint density at radius 2 is 1.96 bits per heavy atom. The highest BCUT2D eigenvalue weighted by atomic mass is 16.2. The van der Waals surface area contributed by atoms with Crippen molar-refractivity contribution >= 4 is 11.9 Å². The molecule has 124 valence electrons. The molecule has 0 aromatic heterocycles. The number of nitrogens with one attached hydrogen (secondary N) is 1. The molecule has 1 aliphatic heterocycles. The van der Waals surface area contributed by atoms with Crippen LogP contribution in [0.2, 0.25) is 0 Å². The van der Waals surface area contributed by atoms with Crippen LogP contribution >= 0.6 is 0 Å². The summed E-state index contributed by atoms with van der Waals surface area (Å²) >= 11 is 0. The third kappa shape index (κ3) is 4.47. The number of carbonyl (C=O) groups is 1. The van der Waals surface area contributed by atoms with Crippen LogP contribution in [0.1, 0.15) is 43.2 Å². The van der Waals surface area contributed by atoms with Crippen LogP contribution in [0.3, 0.4) is 0 Å². The van der Waals surface area contributed by atoms with E-state index in [9.17, 15) is 4.79 Å². The molecule has 2 fully saturated rings. The van der Waals surface area contributed by atoms with Crippen molar-refractivity contribution in [1.29, 1.82) is 0 Å². The summed E-state index contributed by atoms with van der Waals surface area (Å²) in [5, 5.41) is 3.20. The van der Waals surface area contributed by atoms with Gasteiger partial charge in [-0.1, -0.05) is 30.7 Å². The number of likely N-dealkylation sites (tertiary alicyclic amines) is 1. The number of aliphatic imine (C=N–C) groups is 1. The van der Waals surface area contributed by atoms with Crippen molar-refractivity contribution in [2.75, 3.05) is 13.1 Å². The normalized spacial score (nSPS) is 19.0. The molecule has 0 unspecified atom stereocenters. The van der Waals surface area contributed by atoms with Crippen LogP contribution in [0.25, 0.3) is 0 Å². The lowest BCUT2D eigenvalue weighted by molar-refractivity contribution is -0.128. The van der Waals surface area contributed by atoms with Crippen molar-refractivity contribution in [2.45, 2.75) is 45.2 Å². The van der Waals surface area contributed by atoms with E-state index in [2.05, 4.69) is 34.6 Å². The molecule has 0 bridgehead atoms. The molecule has 1 amide bonds. The topological polar surface area (TPSA) is 70.7 Å². The molecule has 0 spiro atoms. The van der Waals surface area contributed by atoms with Gasteiger partial charge >= 0.3 is 0 Å². The van der Waals surface area contributed by atoms with Crippen molar-refractivity contribution in [3.63, 3.8) is 0 Å². The highest BCUT2D eigenvalue weighted by Crippen LogP contribution is 2.25. The molecule has 3 N–H and O–H groups in total. The smallest absolute Gasteiger partial charge is 0.222 e. The molecule has 1 saturated heterocycles. The van der Waals surface area contributed by atoms with Gasteiger partial charge in [0.15, 0.2) is 5.96 Å². The number of rotatable bonds is 6. The fourth-order valence-electron chi connectivity index (χ4n) is 3.02. The molecule has 1 saturated carbocycles. The Hall–Kier alpha value is -2.04. The molecule has 23 heavy (non-hydrogen) atoms. The number of hydrogen-bond acceptors (Lipinski definition) is 2. The standard InChI is InChI=1S/C18H26N4O/c19-18(20-11-14-3-1-4-14)21-12-15-6-8-16(9-7-15)13-22-10-2-5-17(22)23/h6-9,14H,1-5,10-13H2,(H3,19,20,21). The van der Waals surface area contributed by atoms with Gasteiger partial charge in [-0.2, -0.15) is 0 Å². The van der Waals surface area contributed by atoms with Crippen LogP contribution in [0, 0.1) is 5.92 Å². The lowest BCUT2D eigenvalue weighted by Crippen LogP contribution is -2.37. The molecule has 5 nitrogen and oxygen atoms in total. The van der Waals surface area contributed by atoms with E-state index in [-0.39, 0.29) is 5.91 Å². The van der Waals surface area contributed by atoms with Crippen LogP contribution in [0.5, 0.6) is 0 Å². The van der Waals surface area contributed by atoms with Crippen LogP contribution < -0.4 is 11.1 Å². The SMILES string of the molecule is NC(=NCc1ccc(CN2CCCC2=O)cc1)NCC1CCC1. The van der Waals surface area contributed by atoms with E-state index in [1.807, 2.05) is 4.90 Å². The molecular formula is C18H26N4O. The van der Waals surface area contributed by atoms with Gasteiger partial charge in [-0.15, -0.1) is 0 Å². The van der Waals surface area contributed by atoms with Gasteiger partial charge in [0.1, 0.15) is 0 Å². The Kier molecular flexibility index (Phi) is 5.16. The second-order valence-electron chi connectivity index (χ2n) is 6.61. The van der Waals surface area contributed by atoms with Gasteiger partial charge < -0.3 is 16.0 Å². The predicted molar refractivity (Wildman–Crippen MR) is 91.8 cm³/mol. The Morgan fingerprint density at radius 3 is 2.57 bits per heavy atom. The number of guanidine groups is 1. The summed E-state index contributed by atoms with van der Waals surface area (Å²) < 4.78 is 0. The number of benzene rings is 1. The van der Waals surface area contributed by atoms with Gasteiger partial charge in [0.25, 0.3) is 0 Å². The second-order valence-corrected chi connectivity index (χ2v) is 6.61. The van der Waals surface area contributed by atoms with Crippen molar-refractivity contribution in [3.05, 3.63) is 35.4 Å². The monoisotopic (exact) mass is 314 g/mol. The van der Waals surface area contributed by atoms with E-state index in [1.165, 1.54) is 24.8 Å². The third-order valence-electron chi connectivity index (χ3n) is 4.80. The van der Waals surface area contributed by atoms with Crippen molar-refractivity contribution in [3.8, 4) is 0 Å². The van der Waals surface area contributed by atoms with Gasteiger partial charge in [0.05, 0.1) is 6.54 Å². The molecule has 0 atom stereocenters. The Balaban J connectivity index is 1.45. The summed E-state index contributed by atoms with van der Waals surface area (Å²) in [6.45, 7) is 3.13. The van der Waals surface area contributed by atoms with Crippen molar-refractivity contribution in [2.24, 2.45) is 16.6 Å². The molecule has 1 heterocycles. The lowest BCUT2D eigenvalue weighted by Gasteiger charge is -2.25. The zero-order valence-corrected chi connectivity index (χ0v) is 13.6. The van der Waals surface area contributed by atoms with E-state index < -0.39 is 0 Å². The number of amides is 1. The molecule has 2 aliphatic rings. The third-order valence-corrected chi connectivity index (χ3v) is 4.80. The minimum atomic E-state index is 0.268. The number of hydrogen-bond donors (Lipinski definition) is 2. The van der Waals surface area contributed by atoms with Crippen molar-refractivity contribution in [1.82, 2.24) is 10.2 Å². The first-order chi connectivity index (χ1) is 11.2. The summed E-state index contributed by atoms with van der Waals surface area (Å²) in [4.78, 5) is 18.0. The first-order valence-corrected chi connectivity index (χ1v) is 8.60. The molecule has 1 aliphatic carbocycles. The summed E-state index contributed by atoms with van der Waals surface area (Å²) in [6, 6.07) is 8.29. The Bertz CT molecular complexity index is 563. The van der Waals surface area contributed by atoms with Gasteiger partial charge in [-0.05, 0) is 36.3 Å². The van der Waals surface area contributed by atoms with E-state index in [4.69, 9.17) is 5.73 Å². The zero-order valence-electron chi connectivity index (χ0n) is 13.6. The Morgan fingerprint density at radius 1 is 1.22 bits per heavy atom. The number of carbonyl (C=O) groups excluding carboxylic acids is 1. The molecular weight excluding hydrogens is 288 g/mol. The quantitative estimate of drug-likeness (QED) is 0.623. The first kappa shape index (κ1) is 15.8. The van der Waals surface area contributed by atoms with Gasteiger partial charge in [-0.25, -0.2) is 4.99 Å². The maximum absolute atomic E-state index is 11.6. The summed E-state index contributed by atoms with van der Waals surface area (Å²) in [6.07, 6.45) is 5.64. The maximum atomic E-state index is 11.6. The van der Waals surface area contributed by atoms with Gasteiger partial charge in [0.2, 0.25) is 5.91 Å². The van der Waals surface area contributed by atoms with Crippen molar-refractivity contribution < 1.29 is 4.79 Å². The van der Waals surface area contributed by atoms with E-state index in [1.54, 1.807) is 0 Å². The van der Waals surface area contributed by atoms with Crippen LogP contribution in [0.15, 0.2) is 29.3 Å². The lowest BCUT2D eigenvalue weighted by atomic mass is 9.85. The molecule has 1 aromatic carbocycles. The van der Waals surface area contributed by atoms with Crippen LogP contribution in [-0.2, 0) is 17.9 Å². The van der Waals surface area contributed by atoms with E-state index in [0.717, 1.165) is 31.0 Å². The number of nitrogens with two attached hydrogens (primary N) is 1. The molecule has 0 radical (unpaired) electrons. The summed E-state index contributed by atoms with van der Waals surface area (Å²) in [7, 11) is 0. The second kappa shape index (κ2) is 7.49. The Labute approximate surface area is 138 Å². The molecule has 5 heteroatoms. The average molecular weight is 314 g/mol. The minimum absolute atomic E-state index is 0.268. The highest BCUT2D eigenvalue weighted by Gasteiger charge is 2.19. The summed E-state index contributed by atoms with van der Waals surface area (Å²) in [5.41, 5.74) is 8.20. The van der Waals surface area contributed by atoms with Gasteiger partial charge in [0, 0.05) is 26.1 Å². The number of nitrogens with zero attached hydrogens (tertiary/aromatic N) is 2. The maximum Gasteiger partial charge on any atom is 0.222 e. The fourth-order valence-corrected chi connectivity index (χ4v) is 3.02. The fraction of sp³-hybridized carbons (Fsp3) is 0.556. The average Bonchev–Trinajstić information content (AvgIpc) is 2.90. The largest absolute Gasteiger partial charge is 0.370 e. The molecule has 1 aromatic rings. The van der Waals surface area contributed by atoms with Gasteiger partial charge in [-0.3, -0.25) is 4.79 Å². The van der Waals surface area contributed by atoms with Crippen LogP contribution in [0.4, 0.5) is 0 Å². The first-order valence-electron chi connectivity index (χ1n) is 8.60. The highest BCUT2D eigenvalue weighted by molar-refractivity contribution is 5.78.